The van der Waals surface area contributed by atoms with Crippen LogP contribution in [-0.4, -0.2) is 37.2 Å². The average Bonchev–Trinajstić information content (AvgIpc) is 3.19. The smallest absolute Gasteiger partial charge is 0.306 e. The van der Waals surface area contributed by atoms with Crippen molar-refractivity contribution in [1.82, 2.24) is 0 Å². The van der Waals surface area contributed by atoms with E-state index in [0.717, 1.165) is 83.5 Å². The SMILES string of the molecule is CC/C=C\C/C=C\CCCCC(=O)OCC(COC(=O)CCCCCCCCCCCCCCCCCC)OC(=O)CCCCC/C=C\CCCCCCCC. The van der Waals surface area contributed by atoms with E-state index in [4.69, 9.17) is 14.2 Å². The molecule has 326 valence electrons. The van der Waals surface area contributed by atoms with Gasteiger partial charge in [0.05, 0.1) is 0 Å². The second kappa shape index (κ2) is 45.3. The van der Waals surface area contributed by atoms with Gasteiger partial charge in [0, 0.05) is 19.3 Å². The topological polar surface area (TPSA) is 78.9 Å². The number of carbonyl (C=O) groups is 3. The summed E-state index contributed by atoms with van der Waals surface area (Å²) in [5.41, 5.74) is 0. The minimum absolute atomic E-state index is 0.0859. The average molecular weight is 787 g/mol. The molecule has 0 heterocycles. The van der Waals surface area contributed by atoms with Crippen molar-refractivity contribution in [2.75, 3.05) is 13.2 Å². The summed E-state index contributed by atoms with van der Waals surface area (Å²) in [6.07, 6.45) is 51.4. The maximum absolute atomic E-state index is 12.7. The molecule has 0 aromatic rings. The predicted octanol–water partition coefficient (Wildman–Crippen LogP) is 15.4. The van der Waals surface area contributed by atoms with Crippen LogP contribution in [0, 0.1) is 0 Å². The molecule has 0 amide bonds. The Labute approximate surface area is 346 Å². The lowest BCUT2D eigenvalue weighted by atomic mass is 10.0. The van der Waals surface area contributed by atoms with Crippen molar-refractivity contribution in [1.29, 1.82) is 0 Å². The van der Waals surface area contributed by atoms with Gasteiger partial charge < -0.3 is 14.2 Å². The Bertz CT molecular complexity index is 953. The summed E-state index contributed by atoms with van der Waals surface area (Å²) in [5, 5.41) is 0. The van der Waals surface area contributed by atoms with Gasteiger partial charge in [-0.25, -0.2) is 0 Å². The number of esters is 3. The molecule has 6 nitrogen and oxygen atoms in total. The van der Waals surface area contributed by atoms with Gasteiger partial charge in [0.25, 0.3) is 0 Å². The van der Waals surface area contributed by atoms with Gasteiger partial charge in [0.2, 0.25) is 0 Å². The molecule has 0 saturated heterocycles. The highest BCUT2D eigenvalue weighted by Gasteiger charge is 2.19. The zero-order chi connectivity index (χ0) is 40.8. The zero-order valence-corrected chi connectivity index (χ0v) is 37.2. The quantitative estimate of drug-likeness (QED) is 0.0265. The molecule has 0 rings (SSSR count). The highest BCUT2D eigenvalue weighted by atomic mass is 16.6. The van der Waals surface area contributed by atoms with Crippen LogP contribution in [0.4, 0.5) is 0 Å². The highest BCUT2D eigenvalue weighted by Crippen LogP contribution is 2.15. The number of unbranched alkanes of at least 4 members (excludes halogenated alkanes) is 26. The summed E-state index contributed by atoms with van der Waals surface area (Å²) in [5.74, 6) is -0.936. The van der Waals surface area contributed by atoms with Crippen molar-refractivity contribution in [3.05, 3.63) is 36.5 Å². The summed E-state index contributed by atoms with van der Waals surface area (Å²) in [7, 11) is 0. The molecule has 1 atom stereocenters. The van der Waals surface area contributed by atoms with Gasteiger partial charge in [-0.15, -0.1) is 0 Å². The summed E-state index contributed by atoms with van der Waals surface area (Å²) < 4.78 is 16.7. The normalized spacial score (nSPS) is 12.3. The van der Waals surface area contributed by atoms with Gasteiger partial charge in [0.1, 0.15) is 13.2 Å². The molecule has 0 aromatic carbocycles. The molecule has 0 aliphatic heterocycles. The molecule has 0 bridgehead atoms. The van der Waals surface area contributed by atoms with E-state index in [1.165, 1.54) is 122 Å². The second-order valence-electron chi connectivity index (χ2n) is 16.0. The van der Waals surface area contributed by atoms with E-state index in [0.29, 0.717) is 19.3 Å². The van der Waals surface area contributed by atoms with Crippen molar-refractivity contribution in [3.63, 3.8) is 0 Å². The van der Waals surface area contributed by atoms with Gasteiger partial charge in [0.15, 0.2) is 6.10 Å². The fourth-order valence-corrected chi connectivity index (χ4v) is 6.77. The number of hydrogen-bond acceptors (Lipinski definition) is 6. The largest absolute Gasteiger partial charge is 0.462 e. The van der Waals surface area contributed by atoms with Crippen molar-refractivity contribution < 1.29 is 28.6 Å². The number of hydrogen-bond donors (Lipinski definition) is 0. The van der Waals surface area contributed by atoms with Crippen LogP contribution in [-0.2, 0) is 28.6 Å². The Balaban J connectivity index is 4.34. The van der Waals surface area contributed by atoms with E-state index >= 15 is 0 Å². The van der Waals surface area contributed by atoms with E-state index in [1.807, 2.05) is 0 Å². The summed E-state index contributed by atoms with van der Waals surface area (Å²) in [4.78, 5) is 37.7. The number of allylic oxidation sites excluding steroid dienone is 6. The predicted molar refractivity (Wildman–Crippen MR) is 238 cm³/mol. The lowest BCUT2D eigenvalue weighted by Gasteiger charge is -2.18. The molecule has 0 saturated carbocycles. The molecule has 0 aromatic heterocycles. The third-order valence-electron chi connectivity index (χ3n) is 10.4. The molecule has 0 aliphatic rings. The molecule has 1 unspecified atom stereocenters. The highest BCUT2D eigenvalue weighted by molar-refractivity contribution is 5.71. The first-order chi connectivity index (χ1) is 27.5. The zero-order valence-electron chi connectivity index (χ0n) is 37.2. The van der Waals surface area contributed by atoms with E-state index in [9.17, 15) is 14.4 Å². The lowest BCUT2D eigenvalue weighted by molar-refractivity contribution is -0.167. The molecule has 0 N–H and O–H groups in total. The summed E-state index contributed by atoms with van der Waals surface area (Å²) >= 11 is 0. The van der Waals surface area contributed by atoms with Crippen LogP contribution in [0.15, 0.2) is 36.5 Å². The Morgan fingerprint density at radius 2 is 0.696 bits per heavy atom. The van der Waals surface area contributed by atoms with Gasteiger partial charge in [-0.3, -0.25) is 14.4 Å². The molecule has 0 radical (unpaired) electrons. The second-order valence-corrected chi connectivity index (χ2v) is 16.0. The monoisotopic (exact) mass is 787 g/mol. The number of ether oxygens (including phenoxy) is 3. The standard InChI is InChI=1S/C50H90O6/c1-4-7-10-13-16-19-21-23-24-25-27-28-31-34-37-40-43-49(52)55-46-47(45-54-48(51)42-39-36-33-30-18-15-12-9-6-3)56-50(53)44-41-38-35-32-29-26-22-20-17-14-11-8-5-2/h9,12,18,26,29-30,47H,4-8,10-11,13-17,19-25,27-28,31-46H2,1-3H3/b12-9-,29-26-,30-18-. The van der Waals surface area contributed by atoms with Gasteiger partial charge >= 0.3 is 17.9 Å². The fraction of sp³-hybridized carbons (Fsp3) is 0.820. The first-order valence-corrected chi connectivity index (χ1v) is 24.0. The van der Waals surface area contributed by atoms with E-state index in [2.05, 4.69) is 57.2 Å². The van der Waals surface area contributed by atoms with Crippen molar-refractivity contribution >= 4 is 17.9 Å². The lowest BCUT2D eigenvalue weighted by Crippen LogP contribution is -2.30. The van der Waals surface area contributed by atoms with Crippen LogP contribution in [0.3, 0.4) is 0 Å². The van der Waals surface area contributed by atoms with Crippen LogP contribution in [0.5, 0.6) is 0 Å². The third kappa shape index (κ3) is 42.8. The number of carbonyl (C=O) groups excluding carboxylic acids is 3. The first-order valence-electron chi connectivity index (χ1n) is 24.0. The Morgan fingerprint density at radius 1 is 0.375 bits per heavy atom. The van der Waals surface area contributed by atoms with Crippen LogP contribution < -0.4 is 0 Å². The molecule has 0 fully saturated rings. The van der Waals surface area contributed by atoms with E-state index in [1.54, 1.807) is 0 Å². The first kappa shape index (κ1) is 53.6. The summed E-state index contributed by atoms with van der Waals surface area (Å²) in [6.45, 7) is 6.47. The van der Waals surface area contributed by atoms with E-state index in [-0.39, 0.29) is 31.1 Å². The molecular weight excluding hydrogens is 697 g/mol. The van der Waals surface area contributed by atoms with Gasteiger partial charge in [-0.2, -0.15) is 0 Å². The Hall–Kier alpha value is -2.37. The van der Waals surface area contributed by atoms with Crippen LogP contribution in [0.25, 0.3) is 0 Å². The summed E-state index contributed by atoms with van der Waals surface area (Å²) in [6, 6.07) is 0. The molecule has 0 aliphatic carbocycles. The third-order valence-corrected chi connectivity index (χ3v) is 10.4. The van der Waals surface area contributed by atoms with Gasteiger partial charge in [-0.05, 0) is 70.6 Å². The minimum Gasteiger partial charge on any atom is -0.462 e. The van der Waals surface area contributed by atoms with Crippen LogP contribution in [0.2, 0.25) is 0 Å². The molecule has 56 heavy (non-hydrogen) atoms. The Morgan fingerprint density at radius 3 is 1.14 bits per heavy atom. The fourth-order valence-electron chi connectivity index (χ4n) is 6.77. The minimum atomic E-state index is -0.787. The van der Waals surface area contributed by atoms with Crippen LogP contribution >= 0.6 is 0 Å². The maximum Gasteiger partial charge on any atom is 0.306 e. The molecule has 0 spiro atoms. The molecule has 6 heteroatoms. The maximum atomic E-state index is 12.7. The van der Waals surface area contributed by atoms with Crippen LogP contribution in [0.1, 0.15) is 245 Å². The van der Waals surface area contributed by atoms with Gasteiger partial charge in [-0.1, -0.05) is 192 Å². The van der Waals surface area contributed by atoms with E-state index < -0.39 is 6.10 Å². The van der Waals surface area contributed by atoms with Crippen molar-refractivity contribution in [2.24, 2.45) is 0 Å². The van der Waals surface area contributed by atoms with Crippen molar-refractivity contribution in [3.8, 4) is 0 Å². The molecular formula is C50H90O6. The van der Waals surface area contributed by atoms with Crippen molar-refractivity contribution in [2.45, 2.75) is 252 Å². The number of rotatable bonds is 43. The Kier molecular flexibility index (Phi) is 43.4.